The van der Waals surface area contributed by atoms with E-state index in [1.807, 2.05) is 49.4 Å². The number of nitrogens with one attached hydrogen (secondary N) is 1. The molecule has 0 radical (unpaired) electrons. The fraction of sp³-hybridized carbons (Fsp3) is 0.188. The van der Waals surface area contributed by atoms with Crippen LogP contribution in [0, 0.1) is 6.92 Å². The minimum Gasteiger partial charge on any atom is -0.344 e. The minimum atomic E-state index is -0.121. The Bertz CT molecular complexity index is 580. The lowest BCUT2D eigenvalue weighted by atomic mass is 10.1. The first-order valence-corrected chi connectivity index (χ1v) is 7.79. The highest BCUT2D eigenvalue weighted by Crippen LogP contribution is 2.18. The maximum atomic E-state index is 12.3. The number of carbonyl (C=O) groups excluding carboxylic acids is 1. The number of hydrogen-bond donors (Lipinski definition) is 1. The van der Waals surface area contributed by atoms with E-state index in [4.69, 9.17) is 11.6 Å². The van der Waals surface area contributed by atoms with Crippen molar-refractivity contribution in [2.45, 2.75) is 13.0 Å². The average molecular weight is 353 g/mol. The lowest BCUT2D eigenvalue weighted by molar-refractivity contribution is 0.0940. The molecule has 0 aromatic heterocycles. The second-order valence-electron chi connectivity index (χ2n) is 4.61. The van der Waals surface area contributed by atoms with Crippen LogP contribution in [0.3, 0.4) is 0 Å². The first kappa shape index (κ1) is 15.1. The van der Waals surface area contributed by atoms with E-state index in [-0.39, 0.29) is 11.9 Å². The van der Waals surface area contributed by atoms with E-state index in [0.29, 0.717) is 15.9 Å². The largest absolute Gasteiger partial charge is 0.344 e. The molecular formula is C16H15BrClNO. The van der Waals surface area contributed by atoms with Crippen LogP contribution in [0.4, 0.5) is 0 Å². The van der Waals surface area contributed by atoms with Gasteiger partial charge in [-0.25, -0.2) is 0 Å². The third-order valence-corrected chi connectivity index (χ3v) is 3.83. The fourth-order valence-corrected chi connectivity index (χ4v) is 2.83. The van der Waals surface area contributed by atoms with Gasteiger partial charge in [-0.1, -0.05) is 57.9 Å². The molecule has 2 aromatic rings. The molecule has 0 spiro atoms. The van der Waals surface area contributed by atoms with Crippen LogP contribution in [0.1, 0.15) is 27.5 Å². The average Bonchev–Trinajstić information content (AvgIpc) is 2.44. The van der Waals surface area contributed by atoms with Gasteiger partial charge in [0, 0.05) is 15.9 Å². The number of rotatable bonds is 4. The van der Waals surface area contributed by atoms with Crippen LogP contribution < -0.4 is 5.32 Å². The summed E-state index contributed by atoms with van der Waals surface area (Å²) in [6, 6.07) is 15.1. The van der Waals surface area contributed by atoms with Gasteiger partial charge in [-0.3, -0.25) is 4.79 Å². The van der Waals surface area contributed by atoms with Crippen LogP contribution in [0.5, 0.6) is 0 Å². The SMILES string of the molecule is Cc1cc(Cl)cc(C(=O)NC(CBr)c2ccccc2)c1. The molecule has 2 rings (SSSR count). The summed E-state index contributed by atoms with van der Waals surface area (Å²) in [6.07, 6.45) is 0. The third-order valence-electron chi connectivity index (χ3n) is 2.97. The van der Waals surface area contributed by atoms with E-state index >= 15 is 0 Å². The Morgan fingerprint density at radius 3 is 2.55 bits per heavy atom. The Hall–Kier alpha value is -1.32. The fourth-order valence-electron chi connectivity index (χ4n) is 2.01. The van der Waals surface area contributed by atoms with E-state index in [1.54, 1.807) is 6.07 Å². The van der Waals surface area contributed by atoms with Crippen LogP contribution in [0.15, 0.2) is 48.5 Å². The maximum Gasteiger partial charge on any atom is 0.251 e. The molecule has 1 N–H and O–H groups in total. The molecule has 104 valence electrons. The number of aryl methyl sites for hydroxylation is 1. The molecule has 0 saturated carbocycles. The Kier molecular flexibility index (Phi) is 5.21. The number of halogens is 2. The number of alkyl halides is 1. The Morgan fingerprint density at radius 2 is 1.95 bits per heavy atom. The maximum absolute atomic E-state index is 12.3. The number of benzene rings is 2. The Labute approximate surface area is 132 Å². The molecule has 1 unspecified atom stereocenters. The van der Waals surface area contributed by atoms with Crippen molar-refractivity contribution in [2.24, 2.45) is 0 Å². The van der Waals surface area contributed by atoms with Crippen molar-refractivity contribution in [3.8, 4) is 0 Å². The van der Waals surface area contributed by atoms with Gasteiger partial charge >= 0.3 is 0 Å². The van der Waals surface area contributed by atoms with Gasteiger partial charge in [0.2, 0.25) is 0 Å². The zero-order valence-electron chi connectivity index (χ0n) is 11.1. The first-order chi connectivity index (χ1) is 9.60. The summed E-state index contributed by atoms with van der Waals surface area (Å²) in [5.74, 6) is -0.121. The molecule has 0 fully saturated rings. The van der Waals surface area contributed by atoms with E-state index in [9.17, 15) is 4.79 Å². The van der Waals surface area contributed by atoms with Crippen molar-refractivity contribution in [1.29, 1.82) is 0 Å². The van der Waals surface area contributed by atoms with Gasteiger partial charge in [0.1, 0.15) is 0 Å². The molecule has 4 heteroatoms. The van der Waals surface area contributed by atoms with Crippen LogP contribution in [0.25, 0.3) is 0 Å². The van der Waals surface area contributed by atoms with Crippen LogP contribution in [-0.4, -0.2) is 11.2 Å². The van der Waals surface area contributed by atoms with Crippen molar-refractivity contribution in [3.05, 3.63) is 70.2 Å². The molecule has 0 heterocycles. The summed E-state index contributed by atoms with van der Waals surface area (Å²) in [5.41, 5.74) is 2.62. The van der Waals surface area contributed by atoms with Gasteiger partial charge in [0.05, 0.1) is 6.04 Å². The van der Waals surface area contributed by atoms with E-state index in [2.05, 4.69) is 21.2 Å². The number of amides is 1. The van der Waals surface area contributed by atoms with Gasteiger partial charge in [-0.2, -0.15) is 0 Å². The zero-order valence-corrected chi connectivity index (χ0v) is 13.4. The Balaban J connectivity index is 2.17. The van der Waals surface area contributed by atoms with Gasteiger partial charge in [0.25, 0.3) is 5.91 Å². The Morgan fingerprint density at radius 1 is 1.25 bits per heavy atom. The van der Waals surface area contributed by atoms with Crippen LogP contribution in [-0.2, 0) is 0 Å². The van der Waals surface area contributed by atoms with Crippen LogP contribution in [0.2, 0.25) is 5.02 Å². The van der Waals surface area contributed by atoms with E-state index in [0.717, 1.165) is 11.1 Å². The van der Waals surface area contributed by atoms with Crippen molar-refractivity contribution < 1.29 is 4.79 Å². The predicted octanol–water partition coefficient (Wildman–Crippen LogP) is 4.51. The minimum absolute atomic E-state index is 0.0667. The molecule has 2 nitrogen and oxygen atoms in total. The van der Waals surface area contributed by atoms with Crippen molar-refractivity contribution in [3.63, 3.8) is 0 Å². The number of carbonyl (C=O) groups is 1. The molecule has 0 aliphatic heterocycles. The lowest BCUT2D eigenvalue weighted by Gasteiger charge is -2.17. The molecule has 0 aliphatic rings. The van der Waals surface area contributed by atoms with Gasteiger partial charge in [0.15, 0.2) is 0 Å². The quantitative estimate of drug-likeness (QED) is 0.806. The standard InChI is InChI=1S/C16H15BrClNO/c1-11-7-13(9-14(18)8-11)16(20)19-15(10-17)12-5-3-2-4-6-12/h2-9,15H,10H2,1H3,(H,19,20). The molecule has 0 aliphatic carbocycles. The molecule has 2 aromatic carbocycles. The highest BCUT2D eigenvalue weighted by atomic mass is 79.9. The zero-order chi connectivity index (χ0) is 14.5. The molecule has 1 amide bonds. The van der Waals surface area contributed by atoms with E-state index < -0.39 is 0 Å². The topological polar surface area (TPSA) is 29.1 Å². The first-order valence-electron chi connectivity index (χ1n) is 6.29. The summed E-state index contributed by atoms with van der Waals surface area (Å²) in [5, 5.41) is 4.24. The highest BCUT2D eigenvalue weighted by Gasteiger charge is 2.15. The predicted molar refractivity (Wildman–Crippen MR) is 86.6 cm³/mol. The second-order valence-corrected chi connectivity index (χ2v) is 5.69. The second kappa shape index (κ2) is 6.91. The highest BCUT2D eigenvalue weighted by molar-refractivity contribution is 9.09. The molecule has 20 heavy (non-hydrogen) atoms. The molecule has 0 bridgehead atoms. The lowest BCUT2D eigenvalue weighted by Crippen LogP contribution is -2.29. The van der Waals surface area contributed by atoms with E-state index in [1.165, 1.54) is 0 Å². The van der Waals surface area contributed by atoms with Gasteiger partial charge in [-0.15, -0.1) is 0 Å². The number of hydrogen-bond acceptors (Lipinski definition) is 1. The third kappa shape index (κ3) is 3.84. The summed E-state index contributed by atoms with van der Waals surface area (Å²) in [4.78, 5) is 12.3. The summed E-state index contributed by atoms with van der Waals surface area (Å²) in [6.45, 7) is 1.92. The van der Waals surface area contributed by atoms with Crippen molar-refractivity contribution in [2.75, 3.05) is 5.33 Å². The summed E-state index contributed by atoms with van der Waals surface area (Å²) in [7, 11) is 0. The van der Waals surface area contributed by atoms with Crippen molar-refractivity contribution >= 4 is 33.4 Å². The molecule has 0 saturated heterocycles. The normalized spacial score (nSPS) is 11.9. The monoisotopic (exact) mass is 351 g/mol. The molecule has 1 atom stereocenters. The summed E-state index contributed by atoms with van der Waals surface area (Å²) >= 11 is 9.43. The summed E-state index contributed by atoms with van der Waals surface area (Å²) < 4.78 is 0. The van der Waals surface area contributed by atoms with Gasteiger partial charge in [-0.05, 0) is 36.2 Å². The van der Waals surface area contributed by atoms with Crippen molar-refractivity contribution in [1.82, 2.24) is 5.32 Å². The van der Waals surface area contributed by atoms with Gasteiger partial charge < -0.3 is 5.32 Å². The van der Waals surface area contributed by atoms with Crippen LogP contribution >= 0.6 is 27.5 Å². The smallest absolute Gasteiger partial charge is 0.251 e. The molecular weight excluding hydrogens is 338 g/mol.